The van der Waals surface area contributed by atoms with Gasteiger partial charge >= 0.3 is 0 Å². The Balaban J connectivity index is 2.17. The summed E-state index contributed by atoms with van der Waals surface area (Å²) < 4.78 is 50.2. The van der Waals surface area contributed by atoms with E-state index in [1.165, 1.54) is 51.5 Å². The second-order valence-electron chi connectivity index (χ2n) is 5.59. The van der Waals surface area contributed by atoms with Gasteiger partial charge in [0.05, 0.1) is 30.4 Å². The topological polar surface area (TPSA) is 81.7 Å². The van der Waals surface area contributed by atoms with Crippen LogP contribution < -0.4 is 14.8 Å². The zero-order valence-electron chi connectivity index (χ0n) is 14.3. The van der Waals surface area contributed by atoms with Crippen LogP contribution in [0.15, 0.2) is 51.9 Å². The van der Waals surface area contributed by atoms with Crippen molar-refractivity contribution in [3.63, 3.8) is 0 Å². The third-order valence-electron chi connectivity index (χ3n) is 4.05. The van der Waals surface area contributed by atoms with Crippen molar-refractivity contribution in [2.45, 2.75) is 11.8 Å². The van der Waals surface area contributed by atoms with Crippen LogP contribution >= 0.6 is 0 Å². The highest BCUT2D eigenvalue weighted by Crippen LogP contribution is 2.38. The molecule has 0 amide bonds. The number of hydrogen-bond acceptors (Lipinski definition) is 6. The number of ketones is 1. The first-order chi connectivity index (χ1) is 12.3. The molecule has 1 heterocycles. The summed E-state index contributed by atoms with van der Waals surface area (Å²) in [5.41, 5.74) is -0.0541. The van der Waals surface area contributed by atoms with Crippen LogP contribution in [0, 0.1) is 5.82 Å². The van der Waals surface area contributed by atoms with Crippen LogP contribution in [-0.2, 0) is 9.84 Å². The number of para-hydroxylation sites is 1. The van der Waals surface area contributed by atoms with E-state index in [4.69, 9.17) is 9.47 Å². The smallest absolute Gasteiger partial charge is 0.214 e. The Labute approximate surface area is 150 Å². The zero-order valence-corrected chi connectivity index (χ0v) is 15.1. The maximum atomic E-state index is 14.0. The van der Waals surface area contributed by atoms with Gasteiger partial charge in [-0.1, -0.05) is 6.07 Å². The minimum absolute atomic E-state index is 0.0467. The molecule has 0 saturated heterocycles. The first-order valence-corrected chi connectivity index (χ1v) is 9.07. The molecule has 0 aromatic heterocycles. The number of nitrogens with one attached hydrogen (secondary N) is 1. The quantitative estimate of drug-likeness (QED) is 0.825. The Bertz CT molecular complexity index is 1040. The van der Waals surface area contributed by atoms with Crippen LogP contribution in [0.4, 0.5) is 10.1 Å². The molecule has 2 aromatic carbocycles. The third-order valence-corrected chi connectivity index (χ3v) is 5.99. The molecule has 0 unspecified atom stereocenters. The highest BCUT2D eigenvalue weighted by Gasteiger charge is 2.37. The molecule has 8 heteroatoms. The molecular formula is C18H16FNO5S. The summed E-state index contributed by atoms with van der Waals surface area (Å²) in [6, 6.07) is 8.13. The van der Waals surface area contributed by atoms with Crippen molar-refractivity contribution in [1.29, 1.82) is 0 Å². The van der Waals surface area contributed by atoms with Gasteiger partial charge in [-0.3, -0.25) is 4.79 Å². The summed E-state index contributed by atoms with van der Waals surface area (Å²) in [5.74, 6) is -0.820. The van der Waals surface area contributed by atoms with Crippen LogP contribution in [0.1, 0.15) is 17.3 Å². The van der Waals surface area contributed by atoms with Crippen molar-refractivity contribution in [2.75, 3.05) is 19.5 Å². The van der Waals surface area contributed by atoms with E-state index >= 15 is 0 Å². The number of anilines is 1. The van der Waals surface area contributed by atoms with E-state index in [1.54, 1.807) is 0 Å². The van der Waals surface area contributed by atoms with E-state index in [0.29, 0.717) is 5.75 Å². The predicted octanol–water partition coefficient (Wildman–Crippen LogP) is 3.16. The largest absolute Gasteiger partial charge is 0.497 e. The molecule has 0 saturated carbocycles. The zero-order chi connectivity index (χ0) is 19.1. The molecule has 0 aliphatic carbocycles. The standard InChI is InChI=1S/C18H16FNO5S/c1-10-18(17(21)12-8-7-11(24-2)9-14(12)25-3)26(22,23)15-6-4-5-13(19)16(15)20-10/h4-9,20H,1-3H3. The summed E-state index contributed by atoms with van der Waals surface area (Å²) in [6.07, 6.45) is 0. The number of rotatable bonds is 4. The number of fused-ring (bicyclic) bond motifs is 1. The van der Waals surface area contributed by atoms with Crippen LogP contribution in [0.25, 0.3) is 0 Å². The van der Waals surface area contributed by atoms with Gasteiger partial charge in [-0.05, 0) is 31.2 Å². The second kappa shape index (κ2) is 6.45. The van der Waals surface area contributed by atoms with Crippen molar-refractivity contribution in [1.82, 2.24) is 0 Å². The van der Waals surface area contributed by atoms with E-state index in [-0.39, 0.29) is 27.6 Å². The van der Waals surface area contributed by atoms with E-state index in [1.807, 2.05) is 0 Å². The molecule has 6 nitrogen and oxygen atoms in total. The number of ether oxygens (including phenoxy) is 2. The molecule has 3 rings (SSSR count). The number of hydrogen-bond donors (Lipinski definition) is 1. The molecule has 1 aliphatic rings. The van der Waals surface area contributed by atoms with Gasteiger partial charge in [0.2, 0.25) is 15.6 Å². The normalized spacial score (nSPS) is 15.1. The van der Waals surface area contributed by atoms with Crippen molar-refractivity contribution in [3.8, 4) is 11.5 Å². The minimum Gasteiger partial charge on any atom is -0.497 e. The maximum absolute atomic E-state index is 14.0. The Kier molecular flexibility index (Phi) is 4.45. The Morgan fingerprint density at radius 3 is 2.50 bits per heavy atom. The highest BCUT2D eigenvalue weighted by molar-refractivity contribution is 7.96. The van der Waals surface area contributed by atoms with Crippen molar-refractivity contribution >= 4 is 21.3 Å². The van der Waals surface area contributed by atoms with Crippen LogP contribution in [0.2, 0.25) is 0 Å². The lowest BCUT2D eigenvalue weighted by Crippen LogP contribution is -2.24. The molecule has 0 bridgehead atoms. The SMILES string of the molecule is COc1ccc(C(=O)C2=C(C)Nc3c(F)cccc3S2(=O)=O)c(OC)c1. The molecule has 136 valence electrons. The number of allylic oxidation sites excluding steroid dienone is 2. The maximum Gasteiger partial charge on any atom is 0.214 e. The first-order valence-electron chi connectivity index (χ1n) is 7.59. The van der Waals surface area contributed by atoms with Crippen molar-refractivity contribution in [3.05, 3.63) is 58.4 Å². The lowest BCUT2D eigenvalue weighted by atomic mass is 10.1. The number of halogens is 1. The second-order valence-corrected chi connectivity index (χ2v) is 7.45. The fourth-order valence-corrected chi connectivity index (χ4v) is 4.51. The van der Waals surface area contributed by atoms with Gasteiger partial charge in [-0.15, -0.1) is 0 Å². The molecular weight excluding hydrogens is 361 g/mol. The molecule has 1 N–H and O–H groups in total. The summed E-state index contributed by atoms with van der Waals surface area (Å²) in [5, 5.41) is 2.68. The van der Waals surface area contributed by atoms with Crippen LogP contribution in [0.5, 0.6) is 11.5 Å². The third kappa shape index (κ3) is 2.72. The van der Waals surface area contributed by atoms with Gasteiger partial charge in [0, 0.05) is 11.8 Å². The van der Waals surface area contributed by atoms with E-state index in [9.17, 15) is 17.6 Å². The predicted molar refractivity (Wildman–Crippen MR) is 93.8 cm³/mol. The Hall–Kier alpha value is -2.87. The lowest BCUT2D eigenvalue weighted by Gasteiger charge is -2.23. The van der Waals surface area contributed by atoms with Gasteiger partial charge in [0.15, 0.2) is 0 Å². The van der Waals surface area contributed by atoms with E-state index in [0.717, 1.165) is 6.07 Å². The van der Waals surface area contributed by atoms with Gasteiger partial charge in [0.1, 0.15) is 22.2 Å². The Morgan fingerprint density at radius 2 is 1.85 bits per heavy atom. The van der Waals surface area contributed by atoms with Gasteiger partial charge in [0.25, 0.3) is 0 Å². The van der Waals surface area contributed by atoms with Crippen LogP contribution in [0.3, 0.4) is 0 Å². The number of methoxy groups -OCH3 is 2. The van der Waals surface area contributed by atoms with Gasteiger partial charge < -0.3 is 14.8 Å². The first kappa shape index (κ1) is 17.9. The number of benzene rings is 2. The average Bonchev–Trinajstić information content (AvgIpc) is 2.61. The molecule has 0 spiro atoms. The fourth-order valence-electron chi connectivity index (χ4n) is 2.81. The summed E-state index contributed by atoms with van der Waals surface area (Å²) in [4.78, 5) is 12.3. The Morgan fingerprint density at radius 1 is 1.12 bits per heavy atom. The molecule has 26 heavy (non-hydrogen) atoms. The number of Topliss-reactive ketones (excluding diaryl/α,β-unsaturated/α-hetero) is 1. The highest BCUT2D eigenvalue weighted by atomic mass is 32.2. The molecule has 0 radical (unpaired) electrons. The number of carbonyl (C=O) groups is 1. The van der Waals surface area contributed by atoms with Crippen LogP contribution in [-0.4, -0.2) is 28.4 Å². The minimum atomic E-state index is -4.20. The fraction of sp³-hybridized carbons (Fsp3) is 0.167. The summed E-state index contributed by atoms with van der Waals surface area (Å²) in [7, 11) is -1.37. The van der Waals surface area contributed by atoms with Crippen molar-refractivity contribution < 1.29 is 27.1 Å². The number of sulfone groups is 1. The summed E-state index contributed by atoms with van der Waals surface area (Å²) in [6.45, 7) is 1.41. The van der Waals surface area contributed by atoms with Gasteiger partial charge in [-0.25, -0.2) is 12.8 Å². The average molecular weight is 377 g/mol. The molecule has 0 atom stereocenters. The van der Waals surface area contributed by atoms with Gasteiger partial charge in [-0.2, -0.15) is 0 Å². The number of carbonyl (C=O) groups excluding carboxylic acids is 1. The molecule has 1 aliphatic heterocycles. The monoisotopic (exact) mass is 377 g/mol. The summed E-state index contributed by atoms with van der Waals surface area (Å²) >= 11 is 0. The van der Waals surface area contributed by atoms with Crippen molar-refractivity contribution in [2.24, 2.45) is 0 Å². The van der Waals surface area contributed by atoms with E-state index in [2.05, 4.69) is 5.32 Å². The van der Waals surface area contributed by atoms with E-state index < -0.39 is 26.3 Å². The molecule has 0 fully saturated rings. The lowest BCUT2D eigenvalue weighted by molar-refractivity contribution is 0.103. The molecule has 2 aromatic rings.